The molecule has 1 amide bonds. The number of halogens is 1. The van der Waals surface area contributed by atoms with Gasteiger partial charge in [-0.05, 0) is 6.07 Å². The van der Waals surface area contributed by atoms with E-state index < -0.39 is 5.91 Å². The van der Waals surface area contributed by atoms with Crippen molar-refractivity contribution in [1.29, 1.82) is 0 Å². The summed E-state index contributed by atoms with van der Waals surface area (Å²) >= 11 is 6.27. The maximum absolute atomic E-state index is 11.6. The Labute approximate surface area is 123 Å². The van der Waals surface area contributed by atoms with Crippen molar-refractivity contribution in [3.8, 4) is 11.4 Å². The highest BCUT2D eigenvalue weighted by Crippen LogP contribution is 2.30. The number of nitrogens with one attached hydrogen (secondary N) is 2. The molecule has 0 saturated heterocycles. The fourth-order valence-electron chi connectivity index (χ4n) is 1.80. The van der Waals surface area contributed by atoms with Gasteiger partial charge in [-0.2, -0.15) is 4.98 Å². The van der Waals surface area contributed by atoms with Crippen molar-refractivity contribution in [3.63, 3.8) is 0 Å². The molecule has 3 N–H and O–H groups in total. The highest BCUT2D eigenvalue weighted by Gasteiger charge is 2.18. The second-order valence-electron chi connectivity index (χ2n) is 4.13. The first-order valence-corrected chi connectivity index (χ1v) is 6.43. The first kappa shape index (κ1) is 13.5. The number of aliphatic hydroxyl groups excluding tert-OH is 1. The Hall–Kier alpha value is -2.45. The molecule has 0 unspecified atom stereocenters. The molecule has 3 aromatic rings. The SMILES string of the molecule is O=C(NCCO)c1nc(-c2cnc3[nH]ccc3c2Cl)no1. The number of carbonyl (C=O) groups is 1. The lowest BCUT2D eigenvalue weighted by Gasteiger charge is -1.99. The molecule has 3 aromatic heterocycles. The van der Waals surface area contributed by atoms with Crippen LogP contribution in [-0.2, 0) is 0 Å². The van der Waals surface area contributed by atoms with E-state index in [0.29, 0.717) is 16.2 Å². The van der Waals surface area contributed by atoms with Crippen LogP contribution >= 0.6 is 11.6 Å². The van der Waals surface area contributed by atoms with E-state index in [1.165, 1.54) is 6.20 Å². The predicted octanol–water partition coefficient (Wildman–Crippen LogP) is 0.988. The summed E-state index contributed by atoms with van der Waals surface area (Å²) in [5.41, 5.74) is 1.11. The zero-order valence-electron chi connectivity index (χ0n) is 10.6. The Bertz CT molecular complexity index is 797. The van der Waals surface area contributed by atoms with Gasteiger partial charge in [0, 0.05) is 24.3 Å². The third-order valence-corrected chi connectivity index (χ3v) is 3.19. The molecule has 0 aliphatic rings. The molecule has 0 saturated carbocycles. The van der Waals surface area contributed by atoms with E-state index in [4.69, 9.17) is 21.2 Å². The summed E-state index contributed by atoms with van der Waals surface area (Å²) < 4.78 is 4.88. The number of aromatic nitrogens is 4. The van der Waals surface area contributed by atoms with Gasteiger partial charge in [-0.1, -0.05) is 16.8 Å². The van der Waals surface area contributed by atoms with Crippen molar-refractivity contribution in [2.24, 2.45) is 0 Å². The molecule has 3 rings (SSSR count). The molecule has 0 aliphatic heterocycles. The number of fused-ring (bicyclic) bond motifs is 1. The van der Waals surface area contributed by atoms with E-state index in [1.54, 1.807) is 12.3 Å². The summed E-state index contributed by atoms with van der Waals surface area (Å²) in [6.07, 6.45) is 3.22. The molecule has 3 heterocycles. The normalized spacial score (nSPS) is 11.0. The molecule has 9 heteroatoms. The number of hydrogen-bond acceptors (Lipinski definition) is 6. The summed E-state index contributed by atoms with van der Waals surface area (Å²) in [5.74, 6) is -0.594. The zero-order valence-corrected chi connectivity index (χ0v) is 11.4. The van der Waals surface area contributed by atoms with Crippen molar-refractivity contribution in [2.75, 3.05) is 13.2 Å². The molecule has 0 atom stereocenters. The van der Waals surface area contributed by atoms with E-state index in [2.05, 4.69) is 25.4 Å². The first-order chi connectivity index (χ1) is 10.2. The van der Waals surface area contributed by atoms with Crippen molar-refractivity contribution in [3.05, 3.63) is 29.4 Å². The van der Waals surface area contributed by atoms with E-state index in [0.717, 1.165) is 5.39 Å². The average molecular weight is 308 g/mol. The lowest BCUT2D eigenvalue weighted by atomic mass is 10.2. The van der Waals surface area contributed by atoms with Crippen LogP contribution in [0.3, 0.4) is 0 Å². The van der Waals surface area contributed by atoms with Gasteiger partial charge in [-0.3, -0.25) is 4.79 Å². The molecular formula is C12H10ClN5O3. The third-order valence-electron chi connectivity index (χ3n) is 2.78. The van der Waals surface area contributed by atoms with E-state index in [1.807, 2.05) is 0 Å². The molecule has 8 nitrogen and oxygen atoms in total. The van der Waals surface area contributed by atoms with Crippen molar-refractivity contribution >= 4 is 28.5 Å². The standard InChI is InChI=1S/C12H10ClN5O3/c13-8-6-1-2-14-9(6)16-5-7(8)10-17-12(21-18-10)11(20)15-3-4-19/h1-2,5,19H,3-4H2,(H,14,16)(H,15,20). The smallest absolute Gasteiger partial charge is 0.316 e. The second kappa shape index (κ2) is 5.51. The van der Waals surface area contributed by atoms with E-state index in [9.17, 15) is 4.79 Å². The number of carbonyl (C=O) groups excluding carboxylic acids is 1. The van der Waals surface area contributed by atoms with Crippen LogP contribution in [0.1, 0.15) is 10.7 Å². The minimum absolute atomic E-state index is 0.105. The van der Waals surface area contributed by atoms with Crippen LogP contribution in [-0.4, -0.2) is 44.3 Å². The van der Waals surface area contributed by atoms with Crippen molar-refractivity contribution < 1.29 is 14.4 Å². The van der Waals surface area contributed by atoms with Gasteiger partial charge in [0.1, 0.15) is 5.65 Å². The van der Waals surface area contributed by atoms with E-state index >= 15 is 0 Å². The number of pyridine rings is 1. The van der Waals surface area contributed by atoms with Gasteiger partial charge in [-0.15, -0.1) is 0 Å². The fourth-order valence-corrected chi connectivity index (χ4v) is 2.09. The fraction of sp³-hybridized carbons (Fsp3) is 0.167. The monoisotopic (exact) mass is 307 g/mol. The van der Waals surface area contributed by atoms with Gasteiger partial charge in [0.25, 0.3) is 0 Å². The summed E-state index contributed by atoms with van der Waals surface area (Å²) in [4.78, 5) is 22.7. The molecule has 0 aliphatic carbocycles. The number of amides is 1. The minimum Gasteiger partial charge on any atom is -0.395 e. The van der Waals surface area contributed by atoms with Crippen molar-refractivity contribution in [1.82, 2.24) is 25.4 Å². The Kier molecular flexibility index (Phi) is 3.55. The van der Waals surface area contributed by atoms with Gasteiger partial charge in [-0.25, -0.2) is 4.98 Å². The summed E-state index contributed by atoms with van der Waals surface area (Å²) in [5, 5.41) is 15.9. The molecule has 0 spiro atoms. The van der Waals surface area contributed by atoms with Crippen LogP contribution in [0, 0.1) is 0 Å². The molecule has 21 heavy (non-hydrogen) atoms. The van der Waals surface area contributed by atoms with Crippen LogP contribution in [0.5, 0.6) is 0 Å². The topological polar surface area (TPSA) is 117 Å². The Balaban J connectivity index is 1.94. The van der Waals surface area contributed by atoms with E-state index in [-0.39, 0.29) is 24.9 Å². The number of H-pyrrole nitrogens is 1. The lowest BCUT2D eigenvalue weighted by Crippen LogP contribution is -2.26. The van der Waals surface area contributed by atoms with Gasteiger partial charge in [0.15, 0.2) is 0 Å². The molecule has 0 fully saturated rings. The number of aliphatic hydroxyl groups is 1. The van der Waals surface area contributed by atoms with Gasteiger partial charge in [0.2, 0.25) is 5.82 Å². The zero-order chi connectivity index (χ0) is 14.8. The first-order valence-electron chi connectivity index (χ1n) is 6.05. The third kappa shape index (κ3) is 2.46. The maximum Gasteiger partial charge on any atom is 0.316 e. The molecule has 0 aromatic carbocycles. The number of rotatable bonds is 4. The predicted molar refractivity (Wildman–Crippen MR) is 73.8 cm³/mol. The van der Waals surface area contributed by atoms with Gasteiger partial charge in [0.05, 0.1) is 17.2 Å². The number of hydrogen-bond donors (Lipinski definition) is 3. The minimum atomic E-state index is -0.561. The molecule has 0 radical (unpaired) electrons. The van der Waals surface area contributed by atoms with Crippen LogP contribution in [0.25, 0.3) is 22.4 Å². The maximum atomic E-state index is 11.6. The highest BCUT2D eigenvalue weighted by atomic mass is 35.5. The summed E-state index contributed by atoms with van der Waals surface area (Å²) in [7, 11) is 0. The molecule has 108 valence electrons. The summed E-state index contributed by atoms with van der Waals surface area (Å²) in [6.45, 7) is -0.0686. The number of aromatic amines is 1. The van der Waals surface area contributed by atoms with Crippen molar-refractivity contribution in [2.45, 2.75) is 0 Å². The van der Waals surface area contributed by atoms with Crippen LogP contribution < -0.4 is 5.32 Å². The molecular weight excluding hydrogens is 298 g/mol. The van der Waals surface area contributed by atoms with Crippen LogP contribution in [0.4, 0.5) is 0 Å². The summed E-state index contributed by atoms with van der Waals surface area (Å²) in [6, 6.07) is 1.78. The number of nitrogens with zero attached hydrogens (tertiary/aromatic N) is 3. The van der Waals surface area contributed by atoms with Gasteiger partial charge < -0.3 is 19.9 Å². The Morgan fingerprint density at radius 1 is 1.52 bits per heavy atom. The highest BCUT2D eigenvalue weighted by molar-refractivity contribution is 6.37. The van der Waals surface area contributed by atoms with Crippen LogP contribution in [0.2, 0.25) is 5.02 Å². The van der Waals surface area contributed by atoms with Gasteiger partial charge >= 0.3 is 11.8 Å². The molecule has 0 bridgehead atoms. The largest absolute Gasteiger partial charge is 0.395 e. The Morgan fingerprint density at radius 2 is 2.38 bits per heavy atom. The second-order valence-corrected chi connectivity index (χ2v) is 4.51. The Morgan fingerprint density at radius 3 is 3.19 bits per heavy atom. The lowest BCUT2D eigenvalue weighted by molar-refractivity contribution is 0.0901. The quantitative estimate of drug-likeness (QED) is 0.661. The van der Waals surface area contributed by atoms with Crippen LogP contribution in [0.15, 0.2) is 23.0 Å². The average Bonchev–Trinajstić information content (AvgIpc) is 3.14.